The normalized spacial score (nSPS) is 13.3. The molecule has 142 valence electrons. The van der Waals surface area contributed by atoms with E-state index in [1.165, 1.54) is 0 Å². The van der Waals surface area contributed by atoms with E-state index in [0.29, 0.717) is 18.8 Å². The molecule has 2 aromatic carbocycles. The number of hydrogen-bond donors (Lipinski definition) is 2. The first-order valence-electron chi connectivity index (χ1n) is 8.81. The number of benzene rings is 2. The summed E-state index contributed by atoms with van der Waals surface area (Å²) in [6.45, 7) is 2.96. The second-order valence-corrected chi connectivity index (χ2v) is 6.26. The Morgan fingerprint density at radius 1 is 1.11 bits per heavy atom. The number of hydrogen-bond acceptors (Lipinski definition) is 5. The van der Waals surface area contributed by atoms with Crippen LogP contribution in [0, 0.1) is 0 Å². The van der Waals surface area contributed by atoms with Crippen LogP contribution < -0.4 is 20.1 Å². The Kier molecular flexibility index (Phi) is 5.93. The van der Waals surface area contributed by atoms with Gasteiger partial charge in [0.15, 0.2) is 11.5 Å². The zero-order valence-corrected chi connectivity index (χ0v) is 15.4. The average molecular weight is 369 g/mol. The molecule has 1 aliphatic heterocycles. The van der Waals surface area contributed by atoms with E-state index in [-0.39, 0.29) is 12.7 Å². The molecule has 0 aliphatic carbocycles. The second kappa shape index (κ2) is 8.55. The van der Waals surface area contributed by atoms with E-state index in [4.69, 9.17) is 9.47 Å². The SMILES string of the molecule is CCNC(=O)NC(=O)[C@H](c1ccccc1)N(C)Cc1ccc2c(c1)OCO2. The molecule has 7 nitrogen and oxygen atoms in total. The van der Waals surface area contributed by atoms with E-state index in [0.717, 1.165) is 16.9 Å². The number of nitrogens with zero attached hydrogens (tertiary/aromatic N) is 1. The lowest BCUT2D eigenvalue weighted by Crippen LogP contribution is -2.45. The summed E-state index contributed by atoms with van der Waals surface area (Å²) in [6, 6.07) is 14.0. The molecular formula is C20H23N3O4. The number of rotatable bonds is 6. The molecule has 1 atom stereocenters. The maximum Gasteiger partial charge on any atom is 0.321 e. The van der Waals surface area contributed by atoms with Gasteiger partial charge < -0.3 is 14.8 Å². The number of imide groups is 1. The number of ether oxygens (including phenoxy) is 2. The van der Waals surface area contributed by atoms with E-state index in [1.807, 2.05) is 60.5 Å². The predicted molar refractivity (Wildman–Crippen MR) is 100 cm³/mol. The first-order valence-corrected chi connectivity index (χ1v) is 8.81. The van der Waals surface area contributed by atoms with Crippen LogP contribution in [-0.2, 0) is 11.3 Å². The van der Waals surface area contributed by atoms with E-state index in [1.54, 1.807) is 6.92 Å². The molecule has 1 aliphatic rings. The highest BCUT2D eigenvalue weighted by atomic mass is 16.7. The first kappa shape index (κ1) is 18.7. The van der Waals surface area contributed by atoms with Crippen molar-refractivity contribution in [3.05, 3.63) is 59.7 Å². The zero-order valence-electron chi connectivity index (χ0n) is 15.4. The standard InChI is InChI=1S/C20H23N3O4/c1-3-21-20(25)22-19(24)18(15-7-5-4-6-8-15)23(2)12-14-9-10-16-17(11-14)27-13-26-16/h4-11,18H,3,12-13H2,1-2H3,(H2,21,22,24,25)/t18-/m0/s1. The lowest BCUT2D eigenvalue weighted by Gasteiger charge is -2.27. The Hall–Kier alpha value is -3.06. The summed E-state index contributed by atoms with van der Waals surface area (Å²) in [5.74, 6) is 1.04. The lowest BCUT2D eigenvalue weighted by molar-refractivity contribution is -0.125. The molecule has 0 aromatic heterocycles. The van der Waals surface area contributed by atoms with Crippen molar-refractivity contribution in [1.82, 2.24) is 15.5 Å². The molecule has 0 spiro atoms. The monoisotopic (exact) mass is 369 g/mol. The minimum Gasteiger partial charge on any atom is -0.454 e. The molecule has 3 rings (SSSR count). The maximum absolute atomic E-state index is 12.8. The van der Waals surface area contributed by atoms with Gasteiger partial charge in [0, 0.05) is 13.1 Å². The first-order chi connectivity index (χ1) is 13.1. The molecule has 0 fully saturated rings. The third-order valence-corrected chi connectivity index (χ3v) is 4.25. The van der Waals surface area contributed by atoms with Crippen molar-refractivity contribution in [1.29, 1.82) is 0 Å². The number of amides is 3. The number of fused-ring (bicyclic) bond motifs is 1. The van der Waals surface area contributed by atoms with Gasteiger partial charge in [-0.1, -0.05) is 36.4 Å². The minimum absolute atomic E-state index is 0.218. The van der Waals surface area contributed by atoms with Crippen LogP contribution in [0.15, 0.2) is 48.5 Å². The molecule has 0 bridgehead atoms. The van der Waals surface area contributed by atoms with Crippen LogP contribution >= 0.6 is 0 Å². The summed E-state index contributed by atoms with van der Waals surface area (Å²) in [5.41, 5.74) is 1.79. The Balaban J connectivity index is 1.79. The summed E-state index contributed by atoms with van der Waals surface area (Å²) in [7, 11) is 1.85. The van der Waals surface area contributed by atoms with Crippen LogP contribution in [0.3, 0.4) is 0 Å². The molecular weight excluding hydrogens is 346 g/mol. The zero-order chi connectivity index (χ0) is 19.2. The molecule has 27 heavy (non-hydrogen) atoms. The molecule has 0 radical (unpaired) electrons. The maximum atomic E-state index is 12.8. The largest absolute Gasteiger partial charge is 0.454 e. The quantitative estimate of drug-likeness (QED) is 0.818. The minimum atomic E-state index is -0.612. The van der Waals surface area contributed by atoms with Crippen molar-refractivity contribution in [3.63, 3.8) is 0 Å². The Morgan fingerprint density at radius 3 is 2.59 bits per heavy atom. The number of likely N-dealkylation sites (N-methyl/N-ethyl adjacent to an activating group) is 1. The third-order valence-electron chi connectivity index (χ3n) is 4.25. The highest BCUT2D eigenvalue weighted by Gasteiger charge is 2.27. The van der Waals surface area contributed by atoms with Crippen molar-refractivity contribution >= 4 is 11.9 Å². The van der Waals surface area contributed by atoms with Crippen molar-refractivity contribution in [3.8, 4) is 11.5 Å². The van der Waals surface area contributed by atoms with Gasteiger partial charge in [-0.05, 0) is 37.2 Å². The molecule has 0 saturated heterocycles. The van der Waals surface area contributed by atoms with Crippen LogP contribution in [-0.4, -0.2) is 37.2 Å². The summed E-state index contributed by atoms with van der Waals surface area (Å²) >= 11 is 0. The molecule has 7 heteroatoms. The highest BCUT2D eigenvalue weighted by Crippen LogP contribution is 2.33. The van der Waals surface area contributed by atoms with E-state index < -0.39 is 12.1 Å². The van der Waals surface area contributed by atoms with Gasteiger partial charge in [0.2, 0.25) is 12.7 Å². The van der Waals surface area contributed by atoms with Gasteiger partial charge in [0.25, 0.3) is 0 Å². The topological polar surface area (TPSA) is 79.9 Å². The predicted octanol–water partition coefficient (Wildman–Crippen LogP) is 2.43. The van der Waals surface area contributed by atoms with Gasteiger partial charge in [-0.15, -0.1) is 0 Å². The number of carbonyl (C=O) groups is 2. The molecule has 3 amide bonds. The van der Waals surface area contributed by atoms with Crippen molar-refractivity contribution < 1.29 is 19.1 Å². The van der Waals surface area contributed by atoms with Crippen LogP contribution in [0.2, 0.25) is 0 Å². The highest BCUT2D eigenvalue weighted by molar-refractivity contribution is 5.97. The number of nitrogens with one attached hydrogen (secondary N) is 2. The smallest absolute Gasteiger partial charge is 0.321 e. The Bertz CT molecular complexity index is 810. The second-order valence-electron chi connectivity index (χ2n) is 6.26. The van der Waals surface area contributed by atoms with Gasteiger partial charge in [-0.25, -0.2) is 4.79 Å². The van der Waals surface area contributed by atoms with Crippen molar-refractivity contribution in [2.24, 2.45) is 0 Å². The fourth-order valence-corrected chi connectivity index (χ4v) is 3.04. The Labute approximate surface area is 158 Å². The lowest BCUT2D eigenvalue weighted by atomic mass is 10.0. The molecule has 2 N–H and O–H groups in total. The van der Waals surface area contributed by atoms with Gasteiger partial charge in [-0.3, -0.25) is 15.0 Å². The fraction of sp³-hybridized carbons (Fsp3) is 0.300. The fourth-order valence-electron chi connectivity index (χ4n) is 3.04. The van der Waals surface area contributed by atoms with Crippen LogP contribution in [0.25, 0.3) is 0 Å². The number of carbonyl (C=O) groups excluding carboxylic acids is 2. The summed E-state index contributed by atoms with van der Waals surface area (Å²) in [6.07, 6.45) is 0. The van der Waals surface area contributed by atoms with Crippen molar-refractivity contribution in [2.75, 3.05) is 20.4 Å². The van der Waals surface area contributed by atoms with Crippen LogP contribution in [0.4, 0.5) is 4.79 Å². The van der Waals surface area contributed by atoms with Gasteiger partial charge in [0.05, 0.1) is 0 Å². The van der Waals surface area contributed by atoms with E-state index >= 15 is 0 Å². The number of urea groups is 1. The molecule has 0 unspecified atom stereocenters. The molecule has 1 heterocycles. The van der Waals surface area contributed by atoms with Gasteiger partial charge >= 0.3 is 6.03 Å². The molecule has 0 saturated carbocycles. The third kappa shape index (κ3) is 4.57. The summed E-state index contributed by atoms with van der Waals surface area (Å²) in [4.78, 5) is 26.5. The van der Waals surface area contributed by atoms with Crippen molar-refractivity contribution in [2.45, 2.75) is 19.5 Å². The van der Waals surface area contributed by atoms with E-state index in [9.17, 15) is 9.59 Å². The average Bonchev–Trinajstić information content (AvgIpc) is 3.10. The van der Waals surface area contributed by atoms with Gasteiger partial charge in [-0.2, -0.15) is 0 Å². The summed E-state index contributed by atoms with van der Waals surface area (Å²) in [5, 5.41) is 4.99. The summed E-state index contributed by atoms with van der Waals surface area (Å²) < 4.78 is 10.8. The molecule has 2 aromatic rings. The Morgan fingerprint density at radius 2 is 1.85 bits per heavy atom. The van der Waals surface area contributed by atoms with E-state index in [2.05, 4.69) is 10.6 Å². The van der Waals surface area contributed by atoms with Crippen LogP contribution in [0.5, 0.6) is 11.5 Å². The van der Waals surface area contributed by atoms with Crippen LogP contribution in [0.1, 0.15) is 24.1 Å². The van der Waals surface area contributed by atoms with Gasteiger partial charge in [0.1, 0.15) is 6.04 Å².